The van der Waals surface area contributed by atoms with Gasteiger partial charge in [0, 0.05) is 31.3 Å². The minimum atomic E-state index is 0.344. The average Bonchev–Trinajstić information content (AvgIpc) is 2.87. The molecule has 5 nitrogen and oxygen atoms in total. The van der Waals surface area contributed by atoms with E-state index < -0.39 is 0 Å². The van der Waals surface area contributed by atoms with Gasteiger partial charge in [0.05, 0.1) is 13.2 Å². The molecule has 2 aromatic rings. The van der Waals surface area contributed by atoms with E-state index >= 15 is 0 Å². The summed E-state index contributed by atoms with van der Waals surface area (Å²) >= 11 is 0. The second-order valence-corrected chi connectivity index (χ2v) is 4.66. The van der Waals surface area contributed by atoms with Gasteiger partial charge in [-0.3, -0.25) is 4.90 Å². The fraction of sp³-hybridized carbons (Fsp3) is 0.357. The summed E-state index contributed by atoms with van der Waals surface area (Å²) in [6.45, 7) is 4.44. The number of morpholine rings is 1. The molecule has 0 unspecified atom stereocenters. The van der Waals surface area contributed by atoms with Gasteiger partial charge in [-0.05, 0) is 5.56 Å². The Morgan fingerprint density at radius 3 is 2.74 bits per heavy atom. The SMILES string of the molecule is Nc1cc(-c2ccccc2CN2CCOCC2)no1. The molecule has 2 heterocycles. The van der Waals surface area contributed by atoms with Crippen LogP contribution in [0.3, 0.4) is 0 Å². The number of hydrogen-bond donors (Lipinski definition) is 1. The number of aromatic nitrogens is 1. The Morgan fingerprint density at radius 2 is 2.00 bits per heavy atom. The highest BCUT2D eigenvalue weighted by Gasteiger charge is 2.14. The van der Waals surface area contributed by atoms with Gasteiger partial charge in [0.15, 0.2) is 0 Å². The summed E-state index contributed by atoms with van der Waals surface area (Å²) in [6, 6.07) is 9.98. The number of hydrogen-bond acceptors (Lipinski definition) is 5. The van der Waals surface area contributed by atoms with Crippen molar-refractivity contribution in [3.05, 3.63) is 35.9 Å². The average molecular weight is 259 g/mol. The molecular formula is C14H17N3O2. The first-order valence-corrected chi connectivity index (χ1v) is 6.43. The molecule has 0 saturated carbocycles. The van der Waals surface area contributed by atoms with Crippen LogP contribution in [-0.4, -0.2) is 36.4 Å². The third-order valence-electron chi connectivity index (χ3n) is 3.32. The van der Waals surface area contributed by atoms with Crippen molar-refractivity contribution in [2.24, 2.45) is 0 Å². The van der Waals surface area contributed by atoms with Crippen LogP contribution in [0, 0.1) is 0 Å². The van der Waals surface area contributed by atoms with Crippen LogP contribution in [0.15, 0.2) is 34.9 Å². The number of anilines is 1. The van der Waals surface area contributed by atoms with Crippen molar-refractivity contribution in [3.63, 3.8) is 0 Å². The molecule has 1 saturated heterocycles. The zero-order valence-corrected chi connectivity index (χ0v) is 10.7. The predicted molar refractivity (Wildman–Crippen MR) is 72.4 cm³/mol. The summed E-state index contributed by atoms with van der Waals surface area (Å²) in [5.41, 5.74) is 8.70. The van der Waals surface area contributed by atoms with E-state index in [0.717, 1.165) is 44.1 Å². The molecule has 0 radical (unpaired) electrons. The van der Waals surface area contributed by atoms with Gasteiger partial charge in [-0.2, -0.15) is 0 Å². The van der Waals surface area contributed by atoms with E-state index in [1.165, 1.54) is 5.56 Å². The van der Waals surface area contributed by atoms with Gasteiger partial charge in [0.2, 0.25) is 5.88 Å². The lowest BCUT2D eigenvalue weighted by atomic mass is 10.0. The maximum absolute atomic E-state index is 5.59. The Labute approximate surface area is 111 Å². The lowest BCUT2D eigenvalue weighted by Crippen LogP contribution is -2.35. The highest BCUT2D eigenvalue weighted by molar-refractivity contribution is 5.65. The van der Waals surface area contributed by atoms with Crippen LogP contribution in [0.25, 0.3) is 11.3 Å². The fourth-order valence-electron chi connectivity index (χ4n) is 2.32. The normalized spacial score (nSPS) is 16.6. The smallest absolute Gasteiger partial charge is 0.222 e. The van der Waals surface area contributed by atoms with Crippen molar-refractivity contribution in [3.8, 4) is 11.3 Å². The maximum atomic E-state index is 5.59. The van der Waals surface area contributed by atoms with Gasteiger partial charge < -0.3 is 15.0 Å². The Hall–Kier alpha value is -1.85. The molecule has 0 atom stereocenters. The zero-order valence-electron chi connectivity index (χ0n) is 10.7. The molecule has 2 N–H and O–H groups in total. The van der Waals surface area contributed by atoms with E-state index in [2.05, 4.69) is 16.1 Å². The molecule has 0 aliphatic carbocycles. The summed E-state index contributed by atoms with van der Waals surface area (Å²) in [5, 5.41) is 4.00. The van der Waals surface area contributed by atoms with Gasteiger partial charge in [0.25, 0.3) is 0 Å². The van der Waals surface area contributed by atoms with Crippen LogP contribution >= 0.6 is 0 Å². The molecule has 0 bridgehead atoms. The van der Waals surface area contributed by atoms with Gasteiger partial charge >= 0.3 is 0 Å². The minimum absolute atomic E-state index is 0.344. The van der Waals surface area contributed by atoms with E-state index in [4.69, 9.17) is 15.0 Å². The van der Waals surface area contributed by atoms with Crippen LogP contribution in [0.5, 0.6) is 0 Å². The third-order valence-corrected chi connectivity index (χ3v) is 3.32. The van der Waals surface area contributed by atoms with Gasteiger partial charge in [-0.15, -0.1) is 0 Å². The molecule has 3 rings (SSSR count). The Morgan fingerprint density at radius 1 is 1.21 bits per heavy atom. The Bertz CT molecular complexity index is 547. The topological polar surface area (TPSA) is 64.5 Å². The van der Waals surface area contributed by atoms with Crippen LogP contribution in [0.2, 0.25) is 0 Å². The first-order valence-electron chi connectivity index (χ1n) is 6.43. The molecule has 1 fully saturated rings. The molecule has 1 aromatic heterocycles. The lowest BCUT2D eigenvalue weighted by molar-refractivity contribution is 0.0342. The van der Waals surface area contributed by atoms with Crippen LogP contribution in [0.1, 0.15) is 5.56 Å². The molecule has 0 spiro atoms. The van der Waals surface area contributed by atoms with Crippen molar-refractivity contribution >= 4 is 5.88 Å². The van der Waals surface area contributed by atoms with Crippen molar-refractivity contribution in [1.29, 1.82) is 0 Å². The fourth-order valence-corrected chi connectivity index (χ4v) is 2.32. The van der Waals surface area contributed by atoms with Gasteiger partial charge in [0.1, 0.15) is 5.69 Å². The largest absolute Gasteiger partial charge is 0.379 e. The van der Waals surface area contributed by atoms with E-state index in [0.29, 0.717) is 5.88 Å². The summed E-state index contributed by atoms with van der Waals surface area (Å²) in [7, 11) is 0. The third kappa shape index (κ3) is 2.77. The predicted octanol–water partition coefficient (Wildman–Crippen LogP) is 1.76. The maximum Gasteiger partial charge on any atom is 0.222 e. The number of rotatable bonds is 3. The summed E-state index contributed by atoms with van der Waals surface area (Å²) < 4.78 is 10.3. The van der Waals surface area contributed by atoms with E-state index in [9.17, 15) is 0 Å². The first-order chi connectivity index (χ1) is 9.33. The highest BCUT2D eigenvalue weighted by atomic mass is 16.5. The summed E-state index contributed by atoms with van der Waals surface area (Å²) in [4.78, 5) is 2.38. The number of nitrogens with two attached hydrogens (primary N) is 1. The van der Waals surface area contributed by atoms with Crippen LogP contribution < -0.4 is 5.73 Å². The first kappa shape index (κ1) is 12.2. The Kier molecular flexibility index (Phi) is 3.48. The second kappa shape index (κ2) is 5.42. The van der Waals surface area contributed by atoms with Crippen molar-refractivity contribution < 1.29 is 9.26 Å². The van der Waals surface area contributed by atoms with Crippen molar-refractivity contribution in [2.75, 3.05) is 32.0 Å². The van der Waals surface area contributed by atoms with Crippen molar-refractivity contribution in [2.45, 2.75) is 6.54 Å². The molecule has 1 aliphatic heterocycles. The van der Waals surface area contributed by atoms with E-state index in [1.54, 1.807) is 6.07 Å². The van der Waals surface area contributed by atoms with E-state index in [1.807, 2.05) is 18.2 Å². The van der Waals surface area contributed by atoms with E-state index in [-0.39, 0.29) is 0 Å². The number of nitrogen functional groups attached to an aromatic ring is 1. The standard InChI is InChI=1S/C14H17N3O2/c15-14-9-13(16-19-14)12-4-2-1-3-11(12)10-17-5-7-18-8-6-17/h1-4,9H,5-8,10,15H2. The van der Waals surface area contributed by atoms with Gasteiger partial charge in [-0.1, -0.05) is 29.4 Å². The number of nitrogens with zero attached hydrogens (tertiary/aromatic N) is 2. The molecule has 5 heteroatoms. The Balaban J connectivity index is 1.84. The quantitative estimate of drug-likeness (QED) is 0.909. The molecule has 19 heavy (non-hydrogen) atoms. The van der Waals surface area contributed by atoms with Crippen LogP contribution in [-0.2, 0) is 11.3 Å². The molecule has 100 valence electrons. The lowest BCUT2D eigenvalue weighted by Gasteiger charge is -2.27. The monoisotopic (exact) mass is 259 g/mol. The van der Waals surface area contributed by atoms with Crippen molar-refractivity contribution in [1.82, 2.24) is 10.1 Å². The molecular weight excluding hydrogens is 242 g/mol. The molecule has 1 aromatic carbocycles. The van der Waals surface area contributed by atoms with Gasteiger partial charge in [-0.25, -0.2) is 0 Å². The summed E-state index contributed by atoms with van der Waals surface area (Å²) in [6.07, 6.45) is 0. The minimum Gasteiger partial charge on any atom is -0.379 e. The zero-order chi connectivity index (χ0) is 13.1. The highest BCUT2D eigenvalue weighted by Crippen LogP contribution is 2.25. The second-order valence-electron chi connectivity index (χ2n) is 4.66. The van der Waals surface area contributed by atoms with Crippen LogP contribution in [0.4, 0.5) is 5.88 Å². The molecule has 1 aliphatic rings. The number of ether oxygens (including phenoxy) is 1. The molecule has 0 amide bonds. The number of benzene rings is 1. The summed E-state index contributed by atoms with van der Waals surface area (Å²) in [5.74, 6) is 0.344.